The van der Waals surface area contributed by atoms with Gasteiger partial charge in [0.1, 0.15) is 28.8 Å². The molecule has 4 rings (SSSR count). The highest BCUT2D eigenvalue weighted by Crippen LogP contribution is 2.48. The Kier molecular flexibility index (Phi) is 11.6. The number of aryl methyl sites for hydroxylation is 1. The molecule has 228 valence electrons. The standard InChI is InChI=1S/C28H34F2N2O.C3H9N5O/c1-5-6-25(21-9-7-19(4)8-10-21)32-27(33)26(22-15-23(29)17-24(30)16-22)31-28(32)13-11-20(12-14-28)18(2)3;4-3(7-8-5)1-6-2-9/h7-10,15-18,20,25H,5-6,11-14H2,1-4H3;2,8H,1,5H2,(H2,4,7)(H,6,9). The van der Waals surface area contributed by atoms with E-state index in [2.05, 4.69) is 55.5 Å². The summed E-state index contributed by atoms with van der Waals surface area (Å²) in [5, 5.41) is 5.66. The summed E-state index contributed by atoms with van der Waals surface area (Å²) in [4.78, 5) is 30.5. The molecule has 1 unspecified atom stereocenters. The zero-order valence-corrected chi connectivity index (χ0v) is 24.9. The molecular formula is C31H43F2N7O2. The van der Waals surface area contributed by atoms with Crippen molar-refractivity contribution in [3.63, 3.8) is 0 Å². The Morgan fingerprint density at radius 3 is 2.31 bits per heavy atom. The quantitative estimate of drug-likeness (QED) is 0.108. The van der Waals surface area contributed by atoms with Gasteiger partial charge in [-0.15, -0.1) is 0 Å². The number of amidine groups is 1. The lowest BCUT2D eigenvalue weighted by atomic mass is 9.76. The van der Waals surface area contributed by atoms with Gasteiger partial charge >= 0.3 is 0 Å². The summed E-state index contributed by atoms with van der Waals surface area (Å²) < 4.78 is 28.1. The van der Waals surface area contributed by atoms with Gasteiger partial charge in [-0.25, -0.2) is 20.2 Å². The fraction of sp³-hybridized carbons (Fsp3) is 0.484. The van der Waals surface area contributed by atoms with Crippen LogP contribution in [0.25, 0.3) is 0 Å². The molecule has 1 spiro atoms. The zero-order chi connectivity index (χ0) is 30.9. The van der Waals surface area contributed by atoms with E-state index in [1.807, 2.05) is 17.4 Å². The van der Waals surface area contributed by atoms with Gasteiger partial charge in [-0.2, -0.15) is 5.10 Å². The van der Waals surface area contributed by atoms with E-state index in [-0.39, 0.29) is 35.6 Å². The van der Waals surface area contributed by atoms with Crippen molar-refractivity contribution in [1.29, 1.82) is 0 Å². The number of nitrogens with one attached hydrogen (secondary N) is 2. The van der Waals surface area contributed by atoms with E-state index in [1.54, 1.807) is 0 Å². The fourth-order valence-electron chi connectivity index (χ4n) is 5.82. The molecule has 2 aliphatic rings. The Morgan fingerprint density at radius 2 is 1.79 bits per heavy atom. The summed E-state index contributed by atoms with van der Waals surface area (Å²) in [5.74, 6) is 4.57. The average molecular weight is 584 g/mol. The summed E-state index contributed by atoms with van der Waals surface area (Å²) in [6.45, 7) is 8.86. The Bertz CT molecular complexity index is 1250. The van der Waals surface area contributed by atoms with E-state index < -0.39 is 17.3 Å². The van der Waals surface area contributed by atoms with E-state index in [1.165, 1.54) is 17.7 Å². The van der Waals surface area contributed by atoms with Crippen molar-refractivity contribution in [2.75, 3.05) is 6.54 Å². The number of hydrazine groups is 1. The third kappa shape index (κ3) is 7.90. The third-order valence-electron chi connectivity index (χ3n) is 8.01. The monoisotopic (exact) mass is 583 g/mol. The van der Waals surface area contributed by atoms with Crippen molar-refractivity contribution < 1.29 is 18.4 Å². The summed E-state index contributed by atoms with van der Waals surface area (Å²) >= 11 is 0. The van der Waals surface area contributed by atoms with Crippen molar-refractivity contribution in [3.8, 4) is 0 Å². The first kappa shape index (κ1) is 32.7. The van der Waals surface area contributed by atoms with Gasteiger partial charge in [0.25, 0.3) is 5.91 Å². The number of aliphatic imine (C=N–C) groups is 1. The lowest BCUT2D eigenvalue weighted by molar-refractivity contribution is -0.133. The van der Waals surface area contributed by atoms with Gasteiger partial charge in [-0.05, 0) is 68.6 Å². The molecule has 2 aromatic rings. The number of carbonyl (C=O) groups is 2. The highest BCUT2D eigenvalue weighted by molar-refractivity contribution is 6.46. The molecule has 2 aromatic carbocycles. The molecule has 2 amide bonds. The minimum Gasteiger partial charge on any atom is -0.384 e. The number of hydrogen-bond donors (Lipinski definition) is 4. The van der Waals surface area contributed by atoms with Gasteiger partial charge in [-0.1, -0.05) is 57.0 Å². The van der Waals surface area contributed by atoms with Gasteiger partial charge in [0.15, 0.2) is 0 Å². The fourth-order valence-corrected chi connectivity index (χ4v) is 5.82. The predicted octanol–water partition coefficient (Wildman–Crippen LogP) is 4.46. The van der Waals surface area contributed by atoms with E-state index >= 15 is 0 Å². The van der Waals surface area contributed by atoms with Crippen molar-refractivity contribution in [1.82, 2.24) is 15.8 Å². The van der Waals surface area contributed by atoms with Crippen LogP contribution in [0, 0.1) is 30.4 Å². The summed E-state index contributed by atoms with van der Waals surface area (Å²) in [5.41, 5.74) is 9.14. The Hall–Kier alpha value is -3.86. The Labute approximate surface area is 246 Å². The van der Waals surface area contributed by atoms with E-state index in [4.69, 9.17) is 16.6 Å². The van der Waals surface area contributed by atoms with Crippen LogP contribution < -0.4 is 22.4 Å². The number of benzene rings is 2. The maximum absolute atomic E-state index is 14.0. The van der Waals surface area contributed by atoms with Crippen LogP contribution in [0.5, 0.6) is 0 Å². The average Bonchev–Trinajstić information content (AvgIpc) is 3.22. The number of hydrazone groups is 1. The second-order valence-electron chi connectivity index (χ2n) is 11.3. The van der Waals surface area contributed by atoms with E-state index in [0.29, 0.717) is 18.2 Å². The molecule has 9 nitrogen and oxygen atoms in total. The summed E-state index contributed by atoms with van der Waals surface area (Å²) in [6, 6.07) is 11.5. The largest absolute Gasteiger partial charge is 0.384 e. The van der Waals surface area contributed by atoms with Gasteiger partial charge in [0.2, 0.25) is 6.41 Å². The van der Waals surface area contributed by atoms with Gasteiger partial charge in [0, 0.05) is 11.6 Å². The van der Waals surface area contributed by atoms with Crippen LogP contribution in [0.1, 0.15) is 82.0 Å². The number of rotatable bonds is 10. The molecular weight excluding hydrogens is 540 g/mol. The molecule has 1 aliphatic heterocycles. The van der Waals surface area contributed by atoms with Crippen LogP contribution in [0.4, 0.5) is 8.78 Å². The predicted molar refractivity (Wildman–Crippen MR) is 161 cm³/mol. The van der Waals surface area contributed by atoms with Crippen molar-refractivity contribution >= 4 is 23.9 Å². The minimum atomic E-state index is -0.694. The SMILES string of the molecule is CCCC(c1ccc(C)cc1)N1C(=O)C(c2cc(F)cc(F)c2)=NC12CCC(C(C)C)CC2.NN/N=C(\N)CNC=O. The molecule has 6 N–H and O–H groups in total. The van der Waals surface area contributed by atoms with Gasteiger partial charge in [-0.3, -0.25) is 14.6 Å². The van der Waals surface area contributed by atoms with Crippen molar-refractivity contribution in [2.24, 2.45) is 33.5 Å². The molecule has 1 heterocycles. The number of nitrogens with two attached hydrogens (primary N) is 2. The number of nitrogens with zero attached hydrogens (tertiary/aromatic N) is 3. The highest BCUT2D eigenvalue weighted by Gasteiger charge is 2.52. The normalized spacial score (nSPS) is 21.1. The lowest BCUT2D eigenvalue weighted by Gasteiger charge is -2.46. The molecule has 11 heteroatoms. The maximum atomic E-state index is 14.0. The summed E-state index contributed by atoms with van der Waals surface area (Å²) in [6.07, 6.45) is 5.77. The first-order chi connectivity index (χ1) is 20.0. The van der Waals surface area contributed by atoms with E-state index in [0.717, 1.165) is 50.2 Å². The lowest BCUT2D eigenvalue weighted by Crippen LogP contribution is -2.51. The van der Waals surface area contributed by atoms with Gasteiger partial charge < -0.3 is 16.0 Å². The smallest absolute Gasteiger partial charge is 0.275 e. The summed E-state index contributed by atoms with van der Waals surface area (Å²) in [7, 11) is 0. The van der Waals surface area contributed by atoms with Gasteiger partial charge in [0.05, 0.1) is 12.6 Å². The third-order valence-corrected chi connectivity index (χ3v) is 8.01. The van der Waals surface area contributed by atoms with Crippen LogP contribution in [0.15, 0.2) is 52.6 Å². The highest BCUT2D eigenvalue weighted by atomic mass is 19.1. The van der Waals surface area contributed by atoms with Crippen LogP contribution in [0.3, 0.4) is 0 Å². The molecule has 1 aliphatic carbocycles. The second-order valence-corrected chi connectivity index (χ2v) is 11.3. The molecule has 0 bridgehead atoms. The Morgan fingerprint density at radius 1 is 1.17 bits per heavy atom. The number of halogens is 2. The topological polar surface area (TPSA) is 138 Å². The van der Waals surface area contributed by atoms with Crippen LogP contribution in [0.2, 0.25) is 0 Å². The van der Waals surface area contributed by atoms with Crippen molar-refractivity contribution in [2.45, 2.75) is 77.9 Å². The zero-order valence-electron chi connectivity index (χ0n) is 24.9. The molecule has 42 heavy (non-hydrogen) atoms. The molecule has 1 atom stereocenters. The minimum absolute atomic E-state index is 0.127. The molecule has 0 radical (unpaired) electrons. The molecule has 1 saturated carbocycles. The van der Waals surface area contributed by atoms with E-state index in [9.17, 15) is 18.4 Å². The molecule has 0 saturated heterocycles. The van der Waals surface area contributed by atoms with Crippen molar-refractivity contribution in [3.05, 3.63) is 70.8 Å². The number of hydrogen-bond acceptors (Lipinski definition) is 6. The first-order valence-electron chi connectivity index (χ1n) is 14.5. The van der Waals surface area contributed by atoms with Crippen LogP contribution >= 0.6 is 0 Å². The molecule has 0 aromatic heterocycles. The second kappa shape index (κ2) is 14.9. The first-order valence-corrected chi connectivity index (χ1v) is 14.5. The number of amides is 2. The number of carbonyl (C=O) groups excluding carboxylic acids is 2. The maximum Gasteiger partial charge on any atom is 0.275 e. The Balaban J connectivity index is 0.000000467. The molecule has 1 fully saturated rings. The van der Waals surface area contributed by atoms with Crippen LogP contribution in [-0.4, -0.2) is 41.0 Å². The van der Waals surface area contributed by atoms with Crippen LogP contribution in [-0.2, 0) is 9.59 Å².